The van der Waals surface area contributed by atoms with Crippen molar-refractivity contribution in [3.63, 3.8) is 0 Å². The van der Waals surface area contributed by atoms with Crippen molar-refractivity contribution in [3.8, 4) is 11.6 Å². The van der Waals surface area contributed by atoms with Gasteiger partial charge in [0.1, 0.15) is 5.69 Å². The van der Waals surface area contributed by atoms with Crippen molar-refractivity contribution in [3.05, 3.63) is 58.0 Å². The van der Waals surface area contributed by atoms with Crippen molar-refractivity contribution >= 4 is 35.4 Å². The normalized spacial score (nSPS) is 13.2. The monoisotopic (exact) mass is 401 g/mol. The summed E-state index contributed by atoms with van der Waals surface area (Å²) in [6.45, 7) is 0.790. The molecule has 0 radical (unpaired) electrons. The van der Waals surface area contributed by atoms with Crippen LogP contribution in [0, 0.1) is 4.77 Å². The second-order valence-electron chi connectivity index (χ2n) is 6.21. The molecule has 0 saturated carbocycles. The lowest BCUT2D eigenvalue weighted by Gasteiger charge is -2.12. The van der Waals surface area contributed by atoms with E-state index in [1.165, 1.54) is 18.6 Å². The Morgan fingerprint density at radius 3 is 2.85 bits per heavy atom. The predicted octanol–water partition coefficient (Wildman–Crippen LogP) is 3.75. The molecule has 1 aliphatic rings. The summed E-state index contributed by atoms with van der Waals surface area (Å²) < 4.78 is 4.04. The molecule has 9 heteroatoms. The molecule has 138 valence electrons. The summed E-state index contributed by atoms with van der Waals surface area (Å²) in [7, 11) is 0. The zero-order chi connectivity index (χ0) is 19.0. The molecule has 0 atom stereocenters. The van der Waals surface area contributed by atoms with E-state index >= 15 is 0 Å². The van der Waals surface area contributed by atoms with E-state index in [1.54, 1.807) is 22.8 Å². The Morgan fingerprint density at radius 1 is 1.30 bits per heavy atom. The first kappa shape index (κ1) is 17.7. The first-order valence-electron chi connectivity index (χ1n) is 8.47. The Labute approximate surface area is 165 Å². The minimum Gasteiger partial charge on any atom is -0.493 e. The van der Waals surface area contributed by atoms with Gasteiger partial charge in [0.25, 0.3) is 5.91 Å². The largest absolute Gasteiger partial charge is 0.493 e. The number of anilines is 1. The van der Waals surface area contributed by atoms with Gasteiger partial charge in [-0.2, -0.15) is 0 Å². The molecule has 1 aliphatic heterocycles. The van der Waals surface area contributed by atoms with Gasteiger partial charge in [-0.05, 0) is 49.7 Å². The van der Waals surface area contributed by atoms with Crippen molar-refractivity contribution in [1.29, 1.82) is 0 Å². The average Bonchev–Trinajstić information content (AvgIpc) is 2.94. The number of aromatic hydroxyl groups is 1. The number of imidazole rings is 1. The molecule has 3 aromatic rings. The van der Waals surface area contributed by atoms with Gasteiger partial charge in [-0.1, -0.05) is 11.6 Å². The first-order chi connectivity index (χ1) is 13.1. The number of rotatable bonds is 3. The summed E-state index contributed by atoms with van der Waals surface area (Å²) in [6.07, 6.45) is 7.17. The minimum absolute atomic E-state index is 0.123. The van der Waals surface area contributed by atoms with Crippen molar-refractivity contribution in [2.45, 2.75) is 25.8 Å². The number of amides is 1. The maximum Gasteiger partial charge on any atom is 0.275 e. The third kappa shape index (κ3) is 3.22. The third-order valence-corrected chi connectivity index (χ3v) is 5.21. The molecular weight excluding hydrogens is 386 g/mol. The van der Waals surface area contributed by atoms with E-state index < -0.39 is 0 Å². The molecule has 0 bridgehead atoms. The third-order valence-electron chi connectivity index (χ3n) is 4.51. The highest BCUT2D eigenvalue weighted by Gasteiger charge is 2.22. The molecule has 0 unspecified atom stereocenters. The Morgan fingerprint density at radius 2 is 2.15 bits per heavy atom. The Bertz CT molecular complexity index is 1080. The van der Waals surface area contributed by atoms with Crippen LogP contribution in [0.15, 0.2) is 36.8 Å². The number of hydrogen-bond donors (Lipinski definition) is 2. The maximum absolute atomic E-state index is 12.2. The van der Waals surface area contributed by atoms with Gasteiger partial charge in [-0.15, -0.1) is 0 Å². The highest BCUT2D eigenvalue weighted by Crippen LogP contribution is 2.33. The summed E-state index contributed by atoms with van der Waals surface area (Å²) in [4.78, 5) is 20.0. The highest BCUT2D eigenvalue weighted by atomic mass is 35.5. The van der Waals surface area contributed by atoms with Crippen LogP contribution in [0.4, 0.5) is 5.69 Å². The lowest BCUT2D eigenvalue weighted by atomic mass is 10.1. The van der Waals surface area contributed by atoms with Gasteiger partial charge in [-0.3, -0.25) is 14.3 Å². The number of halogens is 1. The van der Waals surface area contributed by atoms with Gasteiger partial charge < -0.3 is 15.0 Å². The van der Waals surface area contributed by atoms with E-state index in [4.69, 9.17) is 23.8 Å². The fourth-order valence-electron chi connectivity index (χ4n) is 3.21. The van der Waals surface area contributed by atoms with Gasteiger partial charge in [0.2, 0.25) is 5.88 Å². The minimum atomic E-state index is -0.384. The molecule has 0 aliphatic carbocycles. The topological polar surface area (TPSA) is 85.0 Å². The maximum atomic E-state index is 12.2. The van der Waals surface area contributed by atoms with Crippen LogP contribution in [-0.4, -0.2) is 30.1 Å². The van der Waals surface area contributed by atoms with Crippen LogP contribution in [0.3, 0.4) is 0 Å². The molecule has 0 spiro atoms. The van der Waals surface area contributed by atoms with Crippen LogP contribution in [0.1, 0.15) is 29.0 Å². The van der Waals surface area contributed by atoms with E-state index in [9.17, 15) is 9.90 Å². The summed E-state index contributed by atoms with van der Waals surface area (Å²) in [6, 6.07) is 5.03. The van der Waals surface area contributed by atoms with Gasteiger partial charge in [-0.25, -0.2) is 4.98 Å². The number of carbonyl (C=O) groups is 1. The van der Waals surface area contributed by atoms with E-state index in [-0.39, 0.29) is 17.5 Å². The van der Waals surface area contributed by atoms with Crippen molar-refractivity contribution in [2.24, 2.45) is 0 Å². The quantitative estimate of drug-likeness (QED) is 0.653. The van der Waals surface area contributed by atoms with Gasteiger partial charge in [0.05, 0.1) is 22.6 Å². The molecule has 0 saturated heterocycles. The van der Waals surface area contributed by atoms with Gasteiger partial charge in [0.15, 0.2) is 4.77 Å². The van der Waals surface area contributed by atoms with E-state index in [0.717, 1.165) is 31.5 Å². The van der Waals surface area contributed by atoms with Crippen LogP contribution < -0.4 is 5.32 Å². The molecule has 3 heterocycles. The van der Waals surface area contributed by atoms with E-state index in [1.807, 2.05) is 4.57 Å². The Hall–Kier alpha value is -2.71. The number of benzene rings is 1. The van der Waals surface area contributed by atoms with Crippen molar-refractivity contribution in [2.75, 3.05) is 5.32 Å². The molecular formula is C18H16ClN5O2S. The molecule has 1 amide bonds. The summed E-state index contributed by atoms with van der Waals surface area (Å²) >= 11 is 12.0. The zero-order valence-corrected chi connectivity index (χ0v) is 15.8. The first-order valence-corrected chi connectivity index (χ1v) is 9.25. The number of nitrogens with one attached hydrogen (secondary N) is 1. The van der Waals surface area contributed by atoms with Crippen LogP contribution in [-0.2, 0) is 13.0 Å². The van der Waals surface area contributed by atoms with Crippen LogP contribution >= 0.6 is 23.8 Å². The molecule has 2 aromatic heterocycles. The molecule has 2 N–H and O–H groups in total. The fourth-order valence-corrected chi connectivity index (χ4v) is 3.86. The molecule has 7 nitrogen and oxygen atoms in total. The summed E-state index contributed by atoms with van der Waals surface area (Å²) in [5.74, 6) is -0.261. The molecule has 4 rings (SSSR count). The van der Waals surface area contributed by atoms with Crippen LogP contribution in [0.2, 0.25) is 5.02 Å². The molecule has 1 aromatic carbocycles. The van der Waals surface area contributed by atoms with Crippen LogP contribution in [0.5, 0.6) is 5.88 Å². The zero-order valence-electron chi connectivity index (χ0n) is 14.2. The summed E-state index contributed by atoms with van der Waals surface area (Å²) in [5, 5.41) is 13.7. The number of aromatic nitrogens is 4. The number of fused-ring (bicyclic) bond motifs is 1. The predicted molar refractivity (Wildman–Crippen MR) is 104 cm³/mol. The lowest BCUT2D eigenvalue weighted by molar-refractivity contribution is 0.102. The second-order valence-corrected chi connectivity index (χ2v) is 6.98. The van der Waals surface area contributed by atoms with Crippen molar-refractivity contribution in [1.82, 2.24) is 19.1 Å². The number of nitrogens with zero attached hydrogens (tertiary/aromatic N) is 4. The lowest BCUT2D eigenvalue weighted by Crippen LogP contribution is -2.13. The van der Waals surface area contributed by atoms with Gasteiger partial charge in [0, 0.05) is 24.6 Å². The number of hydrogen-bond acceptors (Lipinski definition) is 5. The Kier molecular flexibility index (Phi) is 4.67. The standard InChI is InChI=1S/C18H16ClN5O2S/c19-12-9-11(22-16(25)13-10-20-6-7-21-13)4-5-14(12)24-17(26)15-3-1-2-8-23(15)18(24)27/h4-7,9-10,26H,1-3,8H2,(H,22,25). The molecule has 27 heavy (non-hydrogen) atoms. The smallest absolute Gasteiger partial charge is 0.275 e. The molecule has 0 fully saturated rings. The average molecular weight is 402 g/mol. The SMILES string of the molecule is O=C(Nc1ccc(-n2c(O)c3n(c2=S)CCCC3)c(Cl)c1)c1cnccn1. The van der Waals surface area contributed by atoms with E-state index in [2.05, 4.69) is 15.3 Å². The second kappa shape index (κ2) is 7.13. The van der Waals surface area contributed by atoms with Crippen LogP contribution in [0.25, 0.3) is 5.69 Å². The number of carbonyl (C=O) groups excluding carboxylic acids is 1. The summed E-state index contributed by atoms with van der Waals surface area (Å²) in [5.41, 5.74) is 2.12. The van der Waals surface area contributed by atoms with Crippen molar-refractivity contribution < 1.29 is 9.90 Å². The fraction of sp³-hybridized carbons (Fsp3) is 0.222. The Balaban J connectivity index is 1.66. The van der Waals surface area contributed by atoms with E-state index in [0.29, 0.717) is 21.2 Å². The van der Waals surface area contributed by atoms with Gasteiger partial charge >= 0.3 is 0 Å². The highest BCUT2D eigenvalue weighted by molar-refractivity contribution is 7.71.